The van der Waals surface area contributed by atoms with Crippen LogP contribution in [0.15, 0.2) is 48.2 Å². The molecule has 0 radical (unpaired) electrons. The van der Waals surface area contributed by atoms with Crippen LogP contribution in [0, 0.1) is 6.92 Å². The van der Waals surface area contributed by atoms with Gasteiger partial charge in [0.25, 0.3) is 15.9 Å². The minimum absolute atomic E-state index is 0.241. The molecular formula is C19H18ClN7O3S. The van der Waals surface area contributed by atoms with Gasteiger partial charge in [-0.3, -0.25) is 14.0 Å². The molecule has 12 heteroatoms. The minimum atomic E-state index is -4.07. The molecular weight excluding hydrogens is 442 g/mol. The lowest BCUT2D eigenvalue weighted by Crippen LogP contribution is -2.29. The topological polar surface area (TPSA) is 117 Å². The molecule has 1 N–H and O–H groups in total. The number of nitrogens with one attached hydrogen (secondary N) is 1. The van der Waals surface area contributed by atoms with Gasteiger partial charge in [-0.05, 0) is 25.1 Å². The maximum Gasteiger partial charge on any atom is 0.283 e. The van der Waals surface area contributed by atoms with Crippen molar-refractivity contribution in [3.63, 3.8) is 0 Å². The van der Waals surface area contributed by atoms with E-state index in [1.807, 2.05) is 10.8 Å². The van der Waals surface area contributed by atoms with E-state index in [0.29, 0.717) is 27.7 Å². The van der Waals surface area contributed by atoms with Gasteiger partial charge >= 0.3 is 0 Å². The van der Waals surface area contributed by atoms with Crippen LogP contribution in [0.2, 0.25) is 5.02 Å². The predicted octanol–water partition coefficient (Wildman–Crippen LogP) is 1.97. The molecule has 0 saturated heterocycles. The second kappa shape index (κ2) is 7.67. The highest BCUT2D eigenvalue weighted by molar-refractivity contribution is 7.90. The molecule has 160 valence electrons. The Hall–Kier alpha value is -3.44. The quantitative estimate of drug-likeness (QED) is 0.456. The van der Waals surface area contributed by atoms with E-state index in [2.05, 4.69) is 15.1 Å². The zero-order valence-corrected chi connectivity index (χ0v) is 18.4. The van der Waals surface area contributed by atoms with Gasteiger partial charge in [0.05, 0.1) is 17.0 Å². The number of carbonyl (C=O) groups is 1. The Kier molecular flexibility index (Phi) is 5.15. The van der Waals surface area contributed by atoms with Crippen molar-refractivity contribution in [3.8, 4) is 5.82 Å². The number of hydrogen-bond donors (Lipinski definition) is 1. The highest BCUT2D eigenvalue weighted by Gasteiger charge is 2.20. The van der Waals surface area contributed by atoms with Gasteiger partial charge in [0.2, 0.25) is 0 Å². The Morgan fingerprint density at radius 2 is 2.00 bits per heavy atom. The molecule has 0 aromatic carbocycles. The molecule has 0 aliphatic rings. The summed E-state index contributed by atoms with van der Waals surface area (Å²) in [6.45, 7) is 1.78. The Morgan fingerprint density at radius 3 is 2.71 bits per heavy atom. The highest BCUT2D eigenvalue weighted by atomic mass is 35.5. The molecule has 31 heavy (non-hydrogen) atoms. The third-order valence-corrected chi connectivity index (χ3v) is 6.11. The SMILES string of the molecule is Cc1nn(C)c(-n2cc(Cl)c3cccnc32)c1/C=C/C(=O)NS(=O)(=O)c1cn(C)cn1. The third kappa shape index (κ3) is 3.84. The van der Waals surface area contributed by atoms with E-state index in [0.717, 1.165) is 11.5 Å². The number of halogens is 1. The molecule has 1 amide bonds. The van der Waals surface area contributed by atoms with E-state index < -0.39 is 15.9 Å². The van der Waals surface area contributed by atoms with Crippen LogP contribution in [0.3, 0.4) is 0 Å². The van der Waals surface area contributed by atoms with Gasteiger partial charge in [0.1, 0.15) is 11.5 Å². The van der Waals surface area contributed by atoms with Crippen LogP contribution in [0.5, 0.6) is 0 Å². The second-order valence-corrected chi connectivity index (χ2v) is 8.88. The maximum atomic E-state index is 12.3. The fourth-order valence-electron chi connectivity index (χ4n) is 3.23. The van der Waals surface area contributed by atoms with Crippen LogP contribution in [0.25, 0.3) is 22.9 Å². The van der Waals surface area contributed by atoms with Crippen molar-refractivity contribution in [2.24, 2.45) is 14.1 Å². The number of amides is 1. The summed E-state index contributed by atoms with van der Waals surface area (Å²) >= 11 is 6.35. The van der Waals surface area contributed by atoms with Gasteiger partial charge in [-0.2, -0.15) is 13.5 Å². The molecule has 0 spiro atoms. The van der Waals surface area contributed by atoms with E-state index in [1.54, 1.807) is 48.7 Å². The summed E-state index contributed by atoms with van der Waals surface area (Å²) in [5, 5.41) is 5.48. The number of imidazole rings is 1. The van der Waals surface area contributed by atoms with Crippen LogP contribution < -0.4 is 4.72 Å². The molecule has 0 saturated carbocycles. The molecule has 4 rings (SSSR count). The van der Waals surface area contributed by atoms with Crippen molar-refractivity contribution in [2.45, 2.75) is 11.9 Å². The van der Waals surface area contributed by atoms with E-state index >= 15 is 0 Å². The molecule has 4 aromatic rings. The van der Waals surface area contributed by atoms with Crippen LogP contribution in [0.1, 0.15) is 11.3 Å². The Bertz CT molecular complexity index is 1450. The molecule has 4 aromatic heterocycles. The summed E-state index contributed by atoms with van der Waals surface area (Å²) in [4.78, 5) is 20.5. The first-order chi connectivity index (χ1) is 14.7. The largest absolute Gasteiger partial charge is 0.339 e. The van der Waals surface area contributed by atoms with E-state index in [1.165, 1.54) is 23.2 Å². The van der Waals surface area contributed by atoms with Crippen LogP contribution in [-0.2, 0) is 28.9 Å². The smallest absolute Gasteiger partial charge is 0.283 e. The average Bonchev–Trinajstić information content (AvgIpc) is 3.36. The lowest BCUT2D eigenvalue weighted by molar-refractivity contribution is -0.114. The number of sulfonamides is 1. The third-order valence-electron chi connectivity index (χ3n) is 4.57. The van der Waals surface area contributed by atoms with Crippen molar-refractivity contribution in [1.29, 1.82) is 0 Å². The summed E-state index contributed by atoms with van der Waals surface area (Å²) in [7, 11) is -0.683. The second-order valence-electron chi connectivity index (χ2n) is 6.85. The van der Waals surface area contributed by atoms with Gasteiger partial charge in [-0.25, -0.2) is 14.7 Å². The van der Waals surface area contributed by atoms with Gasteiger partial charge in [-0.1, -0.05) is 11.6 Å². The maximum absolute atomic E-state index is 12.3. The normalized spacial score (nSPS) is 12.1. The van der Waals surface area contributed by atoms with Crippen molar-refractivity contribution in [1.82, 2.24) is 33.6 Å². The Balaban J connectivity index is 1.68. The number of carbonyl (C=O) groups excluding carboxylic acids is 1. The first-order valence-electron chi connectivity index (χ1n) is 9.06. The molecule has 0 aliphatic carbocycles. The Labute approximate surface area is 182 Å². The number of aryl methyl sites for hydroxylation is 3. The van der Waals surface area contributed by atoms with E-state index in [-0.39, 0.29) is 5.03 Å². The summed E-state index contributed by atoms with van der Waals surface area (Å²) in [5.74, 6) is -0.182. The number of nitrogens with zero attached hydrogens (tertiary/aromatic N) is 6. The van der Waals surface area contributed by atoms with Crippen molar-refractivity contribution in [3.05, 3.63) is 59.4 Å². The van der Waals surface area contributed by atoms with E-state index in [9.17, 15) is 13.2 Å². The molecule has 10 nitrogen and oxygen atoms in total. The van der Waals surface area contributed by atoms with Gasteiger partial charge < -0.3 is 4.57 Å². The lowest BCUT2D eigenvalue weighted by atomic mass is 10.2. The number of aromatic nitrogens is 6. The number of fused-ring (bicyclic) bond motifs is 1. The highest BCUT2D eigenvalue weighted by Crippen LogP contribution is 2.29. The van der Waals surface area contributed by atoms with Crippen LogP contribution in [-0.4, -0.2) is 43.2 Å². The first kappa shape index (κ1) is 20.8. The molecule has 0 bridgehead atoms. The fraction of sp³-hybridized carbons (Fsp3) is 0.158. The van der Waals surface area contributed by atoms with E-state index in [4.69, 9.17) is 11.6 Å². The molecule has 0 fully saturated rings. The van der Waals surface area contributed by atoms with Crippen LogP contribution >= 0.6 is 11.6 Å². The molecule has 0 atom stereocenters. The summed E-state index contributed by atoms with van der Waals surface area (Å²) in [6, 6.07) is 3.65. The fourth-order valence-corrected chi connectivity index (χ4v) is 4.40. The van der Waals surface area contributed by atoms with Crippen molar-refractivity contribution < 1.29 is 13.2 Å². The Morgan fingerprint density at radius 1 is 1.23 bits per heavy atom. The number of pyridine rings is 1. The molecule has 0 unspecified atom stereocenters. The summed E-state index contributed by atoms with van der Waals surface area (Å²) in [5.41, 5.74) is 1.89. The zero-order chi connectivity index (χ0) is 22.3. The van der Waals surface area contributed by atoms with Crippen molar-refractivity contribution in [2.75, 3.05) is 0 Å². The first-order valence-corrected chi connectivity index (χ1v) is 10.9. The average molecular weight is 460 g/mol. The number of hydrogen-bond acceptors (Lipinski definition) is 6. The molecule has 0 aliphatic heterocycles. The lowest BCUT2D eigenvalue weighted by Gasteiger charge is -2.07. The van der Waals surface area contributed by atoms with Crippen LogP contribution in [0.4, 0.5) is 0 Å². The predicted molar refractivity (Wildman–Crippen MR) is 115 cm³/mol. The summed E-state index contributed by atoms with van der Waals surface area (Å²) < 4.78 is 31.5. The monoisotopic (exact) mass is 459 g/mol. The number of rotatable bonds is 5. The van der Waals surface area contributed by atoms with Gasteiger partial charge in [0, 0.05) is 49.7 Å². The minimum Gasteiger partial charge on any atom is -0.339 e. The summed E-state index contributed by atoms with van der Waals surface area (Å²) in [6.07, 6.45) is 8.65. The van der Waals surface area contributed by atoms with Gasteiger partial charge in [-0.15, -0.1) is 0 Å². The standard InChI is InChI=1S/C19H18ClN7O3S/c1-12-13(6-7-16(28)24-31(29,30)17-10-25(2)11-22-17)19(26(3)23-12)27-9-15(20)14-5-4-8-21-18(14)27/h4-11H,1-3H3,(H,24,28)/b7-6+. The van der Waals surface area contributed by atoms with Crippen molar-refractivity contribution >= 4 is 44.6 Å². The molecule has 4 heterocycles. The van der Waals surface area contributed by atoms with Gasteiger partial charge in [0.15, 0.2) is 5.03 Å². The zero-order valence-electron chi connectivity index (χ0n) is 16.8.